The summed E-state index contributed by atoms with van der Waals surface area (Å²) in [7, 11) is 1.60. The Labute approximate surface area is 68.1 Å². The van der Waals surface area contributed by atoms with Crippen molar-refractivity contribution in [2.45, 2.75) is 32.8 Å². The van der Waals surface area contributed by atoms with Crippen molar-refractivity contribution in [2.75, 3.05) is 13.7 Å². The highest BCUT2D eigenvalue weighted by Gasteiger charge is 2.16. The maximum absolute atomic E-state index is 10.7. The van der Waals surface area contributed by atoms with Gasteiger partial charge in [-0.3, -0.25) is 4.79 Å². The molecule has 0 fully saturated rings. The Morgan fingerprint density at radius 3 is 2.45 bits per heavy atom. The van der Waals surface area contributed by atoms with Gasteiger partial charge in [-0.2, -0.15) is 0 Å². The second-order valence-corrected chi connectivity index (χ2v) is 3.08. The minimum Gasteiger partial charge on any atom is -0.366 e. The van der Waals surface area contributed by atoms with E-state index >= 15 is 0 Å². The lowest BCUT2D eigenvalue weighted by molar-refractivity contribution is -0.131. The molecule has 0 aliphatic rings. The molecule has 0 aliphatic heterocycles. The first-order chi connectivity index (χ1) is 5.02. The van der Waals surface area contributed by atoms with Crippen LogP contribution < -0.4 is 5.32 Å². The Bertz CT molecular complexity index is 132. The predicted molar refractivity (Wildman–Crippen MR) is 44.4 cm³/mol. The molecule has 0 bridgehead atoms. The van der Waals surface area contributed by atoms with Crippen LogP contribution in [0.15, 0.2) is 0 Å². The van der Waals surface area contributed by atoms with Crippen molar-refractivity contribution >= 4 is 5.91 Å². The number of rotatable bonds is 4. The second-order valence-electron chi connectivity index (χ2n) is 3.08. The number of carbonyl (C=O) groups excluding carboxylic acids is 1. The fourth-order valence-corrected chi connectivity index (χ4v) is 0.435. The number of carbonyl (C=O) groups is 1. The lowest BCUT2D eigenvalue weighted by Gasteiger charge is -2.22. The summed E-state index contributed by atoms with van der Waals surface area (Å²) in [6, 6.07) is 0. The molecule has 1 N–H and O–H groups in total. The summed E-state index contributed by atoms with van der Waals surface area (Å²) in [6.45, 7) is 6.12. The van der Waals surface area contributed by atoms with Crippen molar-refractivity contribution in [1.29, 1.82) is 0 Å². The summed E-state index contributed by atoms with van der Waals surface area (Å²) in [5, 5.41) is 2.50. The molecule has 0 aliphatic carbocycles. The van der Waals surface area contributed by atoms with Crippen LogP contribution in [0.2, 0.25) is 0 Å². The molecule has 1 amide bonds. The number of hydrogen-bond acceptors (Lipinski definition) is 2. The van der Waals surface area contributed by atoms with E-state index in [-0.39, 0.29) is 18.1 Å². The fourth-order valence-electron chi connectivity index (χ4n) is 0.435. The van der Waals surface area contributed by atoms with Crippen molar-refractivity contribution in [2.24, 2.45) is 0 Å². The molecule has 0 atom stereocenters. The summed E-state index contributed by atoms with van der Waals surface area (Å²) in [6.07, 6.45) is 0.907. The number of nitrogens with one attached hydrogen (secondary N) is 1. The number of likely N-dealkylation sites (N-methyl/N-ethyl adjacent to an activating group) is 1. The van der Waals surface area contributed by atoms with Crippen molar-refractivity contribution in [3.8, 4) is 0 Å². The molecule has 0 aromatic heterocycles. The molecule has 66 valence electrons. The summed E-state index contributed by atoms with van der Waals surface area (Å²) in [4.78, 5) is 10.7. The standard InChI is InChI=1S/C8H17NO2/c1-5-8(2,3)11-6-7(10)9-4/h5-6H2,1-4H3,(H,9,10). The van der Waals surface area contributed by atoms with E-state index in [2.05, 4.69) is 5.32 Å². The predicted octanol–water partition coefficient (Wildman–Crippen LogP) is 0.938. The fraction of sp³-hybridized carbons (Fsp3) is 0.875. The molecule has 0 saturated carbocycles. The zero-order chi connectivity index (χ0) is 8.91. The summed E-state index contributed by atoms with van der Waals surface area (Å²) >= 11 is 0. The van der Waals surface area contributed by atoms with Gasteiger partial charge in [-0.25, -0.2) is 0 Å². The van der Waals surface area contributed by atoms with Gasteiger partial charge in [0, 0.05) is 7.05 Å². The maximum atomic E-state index is 10.7. The zero-order valence-corrected chi connectivity index (χ0v) is 7.73. The number of hydrogen-bond donors (Lipinski definition) is 1. The molecule has 0 spiro atoms. The quantitative estimate of drug-likeness (QED) is 0.663. The number of amides is 1. The monoisotopic (exact) mass is 159 g/mol. The Hall–Kier alpha value is -0.570. The third kappa shape index (κ3) is 4.79. The third-order valence-corrected chi connectivity index (χ3v) is 1.72. The average molecular weight is 159 g/mol. The first-order valence-electron chi connectivity index (χ1n) is 3.86. The topological polar surface area (TPSA) is 38.3 Å². The molecule has 0 saturated heterocycles. The van der Waals surface area contributed by atoms with Gasteiger partial charge in [-0.15, -0.1) is 0 Å². The van der Waals surface area contributed by atoms with Gasteiger partial charge in [0.2, 0.25) is 5.91 Å². The van der Waals surface area contributed by atoms with Crippen LogP contribution in [0.5, 0.6) is 0 Å². The van der Waals surface area contributed by atoms with Gasteiger partial charge in [0.25, 0.3) is 0 Å². The maximum Gasteiger partial charge on any atom is 0.245 e. The van der Waals surface area contributed by atoms with E-state index in [1.165, 1.54) is 0 Å². The summed E-state index contributed by atoms with van der Waals surface area (Å²) in [5.41, 5.74) is -0.188. The van der Waals surface area contributed by atoms with Crippen LogP contribution >= 0.6 is 0 Å². The van der Waals surface area contributed by atoms with Crippen LogP contribution in [0.25, 0.3) is 0 Å². The minimum atomic E-state index is -0.188. The Morgan fingerprint density at radius 1 is 1.55 bits per heavy atom. The van der Waals surface area contributed by atoms with E-state index in [4.69, 9.17) is 4.74 Å². The molecular weight excluding hydrogens is 142 g/mol. The van der Waals surface area contributed by atoms with Crippen molar-refractivity contribution < 1.29 is 9.53 Å². The van der Waals surface area contributed by atoms with Crippen LogP contribution in [-0.4, -0.2) is 25.2 Å². The normalized spacial score (nSPS) is 11.3. The molecule has 0 radical (unpaired) electrons. The van der Waals surface area contributed by atoms with Gasteiger partial charge < -0.3 is 10.1 Å². The SMILES string of the molecule is CCC(C)(C)OCC(=O)NC. The zero-order valence-electron chi connectivity index (χ0n) is 7.73. The molecule has 0 aromatic rings. The van der Waals surface area contributed by atoms with E-state index in [9.17, 15) is 4.79 Å². The first kappa shape index (κ1) is 10.4. The molecular formula is C8H17NO2. The van der Waals surface area contributed by atoms with E-state index in [1.807, 2.05) is 20.8 Å². The lowest BCUT2D eigenvalue weighted by atomic mass is 10.1. The molecule has 0 heterocycles. The summed E-state index contributed by atoms with van der Waals surface area (Å²) < 4.78 is 5.32. The van der Waals surface area contributed by atoms with Gasteiger partial charge in [0.1, 0.15) is 6.61 Å². The highest BCUT2D eigenvalue weighted by atomic mass is 16.5. The van der Waals surface area contributed by atoms with Crippen LogP contribution in [0.1, 0.15) is 27.2 Å². The molecule has 3 heteroatoms. The van der Waals surface area contributed by atoms with Crippen LogP contribution in [0.4, 0.5) is 0 Å². The van der Waals surface area contributed by atoms with E-state index in [1.54, 1.807) is 7.05 Å². The third-order valence-electron chi connectivity index (χ3n) is 1.72. The molecule has 0 aromatic carbocycles. The highest BCUT2D eigenvalue weighted by Crippen LogP contribution is 2.12. The van der Waals surface area contributed by atoms with Crippen LogP contribution in [0, 0.1) is 0 Å². The Balaban J connectivity index is 3.61. The van der Waals surface area contributed by atoms with Crippen LogP contribution in [0.3, 0.4) is 0 Å². The Morgan fingerprint density at radius 2 is 2.09 bits per heavy atom. The van der Waals surface area contributed by atoms with E-state index < -0.39 is 0 Å². The molecule has 3 nitrogen and oxygen atoms in total. The van der Waals surface area contributed by atoms with Gasteiger partial charge in [0.05, 0.1) is 5.60 Å². The lowest BCUT2D eigenvalue weighted by Crippen LogP contribution is -2.31. The van der Waals surface area contributed by atoms with Crippen molar-refractivity contribution in [3.05, 3.63) is 0 Å². The Kier molecular flexibility index (Phi) is 4.11. The smallest absolute Gasteiger partial charge is 0.245 e. The van der Waals surface area contributed by atoms with Gasteiger partial charge in [-0.1, -0.05) is 6.92 Å². The van der Waals surface area contributed by atoms with Crippen molar-refractivity contribution in [1.82, 2.24) is 5.32 Å². The molecule has 0 rings (SSSR count). The van der Waals surface area contributed by atoms with Crippen LogP contribution in [-0.2, 0) is 9.53 Å². The average Bonchev–Trinajstić information content (AvgIpc) is 2.00. The second kappa shape index (κ2) is 4.34. The van der Waals surface area contributed by atoms with Crippen molar-refractivity contribution in [3.63, 3.8) is 0 Å². The van der Waals surface area contributed by atoms with Gasteiger partial charge in [-0.05, 0) is 20.3 Å². The van der Waals surface area contributed by atoms with Gasteiger partial charge in [0.15, 0.2) is 0 Å². The number of ether oxygens (including phenoxy) is 1. The highest BCUT2D eigenvalue weighted by molar-refractivity contribution is 5.76. The van der Waals surface area contributed by atoms with Gasteiger partial charge >= 0.3 is 0 Å². The molecule has 0 unspecified atom stereocenters. The largest absolute Gasteiger partial charge is 0.366 e. The van der Waals surface area contributed by atoms with E-state index in [0.717, 1.165) is 6.42 Å². The minimum absolute atomic E-state index is 0.0773. The molecule has 11 heavy (non-hydrogen) atoms. The van der Waals surface area contributed by atoms with E-state index in [0.29, 0.717) is 0 Å². The first-order valence-corrected chi connectivity index (χ1v) is 3.86. The summed E-state index contributed by atoms with van der Waals surface area (Å²) in [5.74, 6) is -0.0773.